The van der Waals surface area contributed by atoms with Crippen molar-refractivity contribution in [2.24, 2.45) is 11.1 Å². The van der Waals surface area contributed by atoms with Crippen LogP contribution in [0.25, 0.3) is 0 Å². The van der Waals surface area contributed by atoms with Crippen molar-refractivity contribution in [2.45, 2.75) is 58.9 Å². The molecule has 1 rings (SSSR count). The molecule has 0 bridgehead atoms. The average Bonchev–Trinajstić information content (AvgIpc) is 2.17. The Bertz CT molecular complexity index is 177. The van der Waals surface area contributed by atoms with Crippen molar-refractivity contribution in [3.8, 4) is 0 Å². The van der Waals surface area contributed by atoms with Gasteiger partial charge in [-0.3, -0.25) is 4.90 Å². The molecular weight excluding hydrogens is 184 g/mol. The lowest BCUT2D eigenvalue weighted by atomic mass is 9.83. The largest absolute Gasteiger partial charge is 0.329 e. The zero-order valence-electron chi connectivity index (χ0n) is 10.8. The van der Waals surface area contributed by atoms with Crippen molar-refractivity contribution >= 4 is 0 Å². The molecule has 2 heteroatoms. The number of piperidine rings is 1. The molecule has 0 aromatic heterocycles. The van der Waals surface area contributed by atoms with E-state index in [-0.39, 0.29) is 0 Å². The summed E-state index contributed by atoms with van der Waals surface area (Å²) in [7, 11) is 0. The molecule has 0 aromatic carbocycles. The second-order valence-corrected chi connectivity index (χ2v) is 5.77. The molecule has 1 unspecified atom stereocenters. The van der Waals surface area contributed by atoms with Crippen molar-refractivity contribution in [1.29, 1.82) is 0 Å². The van der Waals surface area contributed by atoms with Gasteiger partial charge in [0.15, 0.2) is 0 Å². The van der Waals surface area contributed by atoms with Gasteiger partial charge in [-0.15, -0.1) is 0 Å². The fraction of sp³-hybridized carbons (Fsp3) is 1.00. The highest BCUT2D eigenvalue weighted by atomic mass is 15.2. The van der Waals surface area contributed by atoms with Crippen LogP contribution in [0.5, 0.6) is 0 Å². The number of unbranched alkanes of at least 4 members (excludes halogenated alkanes) is 1. The molecule has 0 amide bonds. The second-order valence-electron chi connectivity index (χ2n) is 5.77. The first kappa shape index (κ1) is 13.0. The third-order valence-corrected chi connectivity index (χ3v) is 3.61. The molecule has 1 heterocycles. The maximum atomic E-state index is 5.89. The summed E-state index contributed by atoms with van der Waals surface area (Å²) in [5.41, 5.74) is 6.39. The third-order valence-electron chi connectivity index (χ3n) is 3.61. The third kappa shape index (κ3) is 4.12. The SMILES string of the molecule is CCCCC(CN)N1CCCC(C)(C)C1. The molecule has 0 spiro atoms. The number of likely N-dealkylation sites (tertiary alicyclic amines) is 1. The van der Waals surface area contributed by atoms with Crippen LogP contribution in [0.15, 0.2) is 0 Å². The molecule has 2 nitrogen and oxygen atoms in total. The molecule has 1 atom stereocenters. The minimum atomic E-state index is 0.498. The molecule has 1 fully saturated rings. The van der Waals surface area contributed by atoms with Crippen LogP contribution in [-0.2, 0) is 0 Å². The van der Waals surface area contributed by atoms with Crippen molar-refractivity contribution in [3.63, 3.8) is 0 Å². The number of hydrogen-bond acceptors (Lipinski definition) is 2. The molecule has 0 radical (unpaired) electrons. The first-order chi connectivity index (χ1) is 7.09. The van der Waals surface area contributed by atoms with E-state index in [0.29, 0.717) is 11.5 Å². The van der Waals surface area contributed by atoms with Gasteiger partial charge in [-0.2, -0.15) is 0 Å². The molecule has 15 heavy (non-hydrogen) atoms. The van der Waals surface area contributed by atoms with Crippen molar-refractivity contribution < 1.29 is 0 Å². The first-order valence-electron chi connectivity index (χ1n) is 6.53. The Labute approximate surface area is 95.2 Å². The maximum Gasteiger partial charge on any atom is 0.0218 e. The number of nitrogens with two attached hydrogens (primary N) is 1. The Morgan fingerprint density at radius 3 is 2.67 bits per heavy atom. The summed E-state index contributed by atoms with van der Waals surface area (Å²) in [6, 6.07) is 0.629. The van der Waals surface area contributed by atoms with Crippen LogP contribution in [0.4, 0.5) is 0 Å². The number of nitrogens with zero attached hydrogens (tertiary/aromatic N) is 1. The highest BCUT2D eigenvalue weighted by molar-refractivity contribution is 4.84. The predicted octanol–water partition coefficient (Wildman–Crippen LogP) is 2.63. The van der Waals surface area contributed by atoms with Gasteiger partial charge < -0.3 is 5.73 Å². The first-order valence-corrected chi connectivity index (χ1v) is 6.53. The van der Waals surface area contributed by atoms with E-state index >= 15 is 0 Å². The summed E-state index contributed by atoms with van der Waals surface area (Å²) < 4.78 is 0. The van der Waals surface area contributed by atoms with Crippen LogP contribution >= 0.6 is 0 Å². The summed E-state index contributed by atoms with van der Waals surface area (Å²) in [6.07, 6.45) is 6.60. The van der Waals surface area contributed by atoms with Crippen LogP contribution in [0.1, 0.15) is 52.9 Å². The lowest BCUT2D eigenvalue weighted by Crippen LogP contribution is -2.48. The monoisotopic (exact) mass is 212 g/mol. The molecular formula is C13H28N2. The topological polar surface area (TPSA) is 29.3 Å². The standard InChI is InChI=1S/C13H28N2/c1-4-5-7-12(10-14)15-9-6-8-13(2,3)11-15/h12H,4-11,14H2,1-3H3. The van der Waals surface area contributed by atoms with E-state index in [0.717, 1.165) is 6.54 Å². The fourth-order valence-electron chi connectivity index (χ4n) is 2.67. The Hall–Kier alpha value is -0.0800. The highest BCUT2D eigenvalue weighted by Gasteiger charge is 2.29. The molecule has 1 saturated heterocycles. The van der Waals surface area contributed by atoms with E-state index in [1.807, 2.05) is 0 Å². The fourth-order valence-corrected chi connectivity index (χ4v) is 2.67. The van der Waals surface area contributed by atoms with Crippen molar-refractivity contribution in [3.05, 3.63) is 0 Å². The second kappa shape index (κ2) is 5.86. The average molecular weight is 212 g/mol. The van der Waals surface area contributed by atoms with E-state index < -0.39 is 0 Å². The predicted molar refractivity (Wildman–Crippen MR) is 67.0 cm³/mol. The van der Waals surface area contributed by atoms with E-state index in [4.69, 9.17) is 5.73 Å². The summed E-state index contributed by atoms with van der Waals surface area (Å²) in [5, 5.41) is 0. The van der Waals surface area contributed by atoms with Crippen molar-refractivity contribution in [1.82, 2.24) is 4.90 Å². The number of hydrogen-bond donors (Lipinski definition) is 1. The van der Waals surface area contributed by atoms with Crippen LogP contribution in [-0.4, -0.2) is 30.6 Å². The molecule has 90 valence electrons. The molecule has 1 aliphatic heterocycles. The quantitative estimate of drug-likeness (QED) is 0.759. The highest BCUT2D eigenvalue weighted by Crippen LogP contribution is 2.30. The maximum absolute atomic E-state index is 5.89. The lowest BCUT2D eigenvalue weighted by molar-refractivity contribution is 0.0764. The minimum absolute atomic E-state index is 0.498. The Balaban J connectivity index is 2.44. The zero-order chi connectivity index (χ0) is 11.3. The molecule has 0 aliphatic carbocycles. The van der Waals surface area contributed by atoms with Crippen molar-refractivity contribution in [2.75, 3.05) is 19.6 Å². The minimum Gasteiger partial charge on any atom is -0.329 e. The van der Waals surface area contributed by atoms with Gasteiger partial charge in [0, 0.05) is 19.1 Å². The van der Waals surface area contributed by atoms with Gasteiger partial charge >= 0.3 is 0 Å². The zero-order valence-corrected chi connectivity index (χ0v) is 10.8. The Morgan fingerprint density at radius 1 is 1.40 bits per heavy atom. The molecule has 0 saturated carbocycles. The van der Waals surface area contributed by atoms with Crippen LogP contribution in [0.2, 0.25) is 0 Å². The Morgan fingerprint density at radius 2 is 2.13 bits per heavy atom. The van der Waals surface area contributed by atoms with E-state index in [1.54, 1.807) is 0 Å². The van der Waals surface area contributed by atoms with E-state index in [9.17, 15) is 0 Å². The van der Waals surface area contributed by atoms with Gasteiger partial charge in [0.25, 0.3) is 0 Å². The van der Waals surface area contributed by atoms with Gasteiger partial charge in [0.05, 0.1) is 0 Å². The summed E-state index contributed by atoms with van der Waals surface area (Å²) in [4.78, 5) is 2.62. The number of rotatable bonds is 5. The van der Waals surface area contributed by atoms with E-state index in [1.165, 1.54) is 45.2 Å². The summed E-state index contributed by atoms with van der Waals surface area (Å²) in [6.45, 7) is 10.3. The smallest absolute Gasteiger partial charge is 0.0218 e. The molecule has 2 N–H and O–H groups in total. The van der Waals surface area contributed by atoms with E-state index in [2.05, 4.69) is 25.7 Å². The lowest BCUT2D eigenvalue weighted by Gasteiger charge is -2.42. The van der Waals surface area contributed by atoms with Gasteiger partial charge in [0.1, 0.15) is 0 Å². The van der Waals surface area contributed by atoms with Gasteiger partial charge in [-0.25, -0.2) is 0 Å². The summed E-state index contributed by atoms with van der Waals surface area (Å²) in [5.74, 6) is 0. The Kier molecular flexibility index (Phi) is 5.07. The van der Waals surface area contributed by atoms with Gasteiger partial charge in [0.2, 0.25) is 0 Å². The van der Waals surface area contributed by atoms with Crippen LogP contribution in [0, 0.1) is 5.41 Å². The molecule has 0 aromatic rings. The van der Waals surface area contributed by atoms with Gasteiger partial charge in [-0.1, -0.05) is 33.6 Å². The normalized spacial score (nSPS) is 24.0. The van der Waals surface area contributed by atoms with Gasteiger partial charge in [-0.05, 0) is 31.2 Å². The molecule has 1 aliphatic rings. The van der Waals surface area contributed by atoms with Crippen LogP contribution < -0.4 is 5.73 Å². The summed E-state index contributed by atoms with van der Waals surface area (Å²) >= 11 is 0. The van der Waals surface area contributed by atoms with Crippen LogP contribution in [0.3, 0.4) is 0 Å².